The first-order valence-corrected chi connectivity index (χ1v) is 5.80. The van der Waals surface area contributed by atoms with Gasteiger partial charge in [-0.3, -0.25) is 4.79 Å². The van der Waals surface area contributed by atoms with Crippen molar-refractivity contribution in [1.29, 1.82) is 0 Å². The van der Waals surface area contributed by atoms with Gasteiger partial charge in [0.05, 0.1) is 10.6 Å². The second kappa shape index (κ2) is 5.80. The number of benzene rings is 2. The molecule has 0 heterocycles. The summed E-state index contributed by atoms with van der Waals surface area (Å²) in [5.41, 5.74) is 0.741. The van der Waals surface area contributed by atoms with Gasteiger partial charge in [-0.2, -0.15) is 0 Å². The molecule has 2 nitrogen and oxygen atoms in total. The molecule has 2 aromatic rings. The van der Waals surface area contributed by atoms with Gasteiger partial charge in [0, 0.05) is 0 Å². The SMILES string of the molecule is O=Cc1cccc(Cl)c1OCc1ccc(F)c(F)c1. The minimum absolute atomic E-state index is 0.0121. The van der Waals surface area contributed by atoms with Crippen LogP contribution in [0.4, 0.5) is 8.78 Å². The molecule has 0 fully saturated rings. The highest BCUT2D eigenvalue weighted by Crippen LogP contribution is 2.28. The molecule has 0 aliphatic heterocycles. The average Bonchev–Trinajstić information content (AvgIpc) is 2.41. The number of carbonyl (C=O) groups excluding carboxylic acids is 1. The number of para-hydroxylation sites is 1. The van der Waals surface area contributed by atoms with E-state index in [4.69, 9.17) is 16.3 Å². The third-order valence-electron chi connectivity index (χ3n) is 2.49. The van der Waals surface area contributed by atoms with Gasteiger partial charge in [-0.05, 0) is 29.8 Å². The third-order valence-corrected chi connectivity index (χ3v) is 2.79. The first kappa shape index (κ1) is 13.5. The van der Waals surface area contributed by atoms with Crippen LogP contribution in [0, 0.1) is 11.6 Å². The lowest BCUT2D eigenvalue weighted by Gasteiger charge is -2.10. The Kier molecular flexibility index (Phi) is 4.12. The summed E-state index contributed by atoms with van der Waals surface area (Å²) >= 11 is 5.91. The van der Waals surface area contributed by atoms with E-state index in [1.807, 2.05) is 0 Å². The first-order chi connectivity index (χ1) is 9.11. The molecular formula is C14H9ClF2O2. The van der Waals surface area contributed by atoms with E-state index >= 15 is 0 Å². The van der Waals surface area contributed by atoms with Gasteiger partial charge < -0.3 is 4.74 Å². The topological polar surface area (TPSA) is 26.3 Å². The maximum atomic E-state index is 13.0. The van der Waals surface area contributed by atoms with Crippen LogP contribution in [0.25, 0.3) is 0 Å². The molecule has 0 aliphatic carbocycles. The van der Waals surface area contributed by atoms with Crippen molar-refractivity contribution >= 4 is 17.9 Å². The van der Waals surface area contributed by atoms with Crippen LogP contribution in [0.15, 0.2) is 36.4 Å². The number of carbonyl (C=O) groups is 1. The Hall–Kier alpha value is -1.94. The van der Waals surface area contributed by atoms with Gasteiger partial charge in [0.25, 0.3) is 0 Å². The maximum absolute atomic E-state index is 13.0. The molecule has 0 spiro atoms. The van der Waals surface area contributed by atoms with E-state index in [-0.39, 0.29) is 17.4 Å². The second-order valence-electron chi connectivity index (χ2n) is 3.81. The zero-order valence-electron chi connectivity index (χ0n) is 9.70. The molecule has 2 aromatic carbocycles. The smallest absolute Gasteiger partial charge is 0.159 e. The third kappa shape index (κ3) is 3.09. The van der Waals surface area contributed by atoms with Gasteiger partial charge in [-0.25, -0.2) is 8.78 Å². The average molecular weight is 283 g/mol. The molecule has 0 bridgehead atoms. The van der Waals surface area contributed by atoms with Crippen molar-refractivity contribution in [3.8, 4) is 5.75 Å². The number of ether oxygens (including phenoxy) is 1. The van der Waals surface area contributed by atoms with Gasteiger partial charge in [0.2, 0.25) is 0 Å². The van der Waals surface area contributed by atoms with Crippen molar-refractivity contribution in [1.82, 2.24) is 0 Å². The summed E-state index contributed by atoms with van der Waals surface area (Å²) in [6.07, 6.45) is 0.618. The zero-order valence-corrected chi connectivity index (χ0v) is 10.5. The number of hydrogen-bond donors (Lipinski definition) is 0. The maximum Gasteiger partial charge on any atom is 0.159 e. The Bertz CT molecular complexity index is 614. The lowest BCUT2D eigenvalue weighted by Crippen LogP contribution is -2.00. The number of aldehydes is 1. The van der Waals surface area contributed by atoms with Crippen molar-refractivity contribution in [2.75, 3.05) is 0 Å². The molecular weight excluding hydrogens is 274 g/mol. The Morgan fingerprint density at radius 1 is 1.16 bits per heavy atom. The molecule has 0 N–H and O–H groups in total. The van der Waals surface area contributed by atoms with Gasteiger partial charge >= 0.3 is 0 Å². The molecule has 0 aliphatic rings. The summed E-state index contributed by atoms with van der Waals surface area (Å²) in [6.45, 7) is -0.0121. The van der Waals surface area contributed by atoms with Crippen molar-refractivity contribution < 1.29 is 18.3 Å². The van der Waals surface area contributed by atoms with Crippen molar-refractivity contribution in [2.24, 2.45) is 0 Å². The van der Waals surface area contributed by atoms with E-state index in [1.165, 1.54) is 6.07 Å². The molecule has 0 amide bonds. The summed E-state index contributed by atoms with van der Waals surface area (Å²) in [5.74, 6) is -1.64. The second-order valence-corrected chi connectivity index (χ2v) is 4.22. The number of halogens is 3. The molecule has 0 radical (unpaired) electrons. The van der Waals surface area contributed by atoms with Gasteiger partial charge in [-0.1, -0.05) is 23.7 Å². The van der Waals surface area contributed by atoms with E-state index in [0.29, 0.717) is 17.4 Å². The normalized spacial score (nSPS) is 10.3. The van der Waals surface area contributed by atoms with E-state index in [9.17, 15) is 13.6 Å². The van der Waals surface area contributed by atoms with Crippen LogP contribution in [-0.4, -0.2) is 6.29 Å². The zero-order chi connectivity index (χ0) is 13.8. The summed E-state index contributed by atoms with van der Waals surface area (Å²) < 4.78 is 31.2. The molecule has 0 aromatic heterocycles. The van der Waals surface area contributed by atoms with Gasteiger partial charge in [0.15, 0.2) is 17.9 Å². The molecule has 19 heavy (non-hydrogen) atoms. The Balaban J connectivity index is 2.18. The van der Waals surface area contributed by atoms with Crippen LogP contribution in [0.3, 0.4) is 0 Å². The fourth-order valence-electron chi connectivity index (χ4n) is 1.56. The largest absolute Gasteiger partial charge is 0.487 e. The molecule has 0 saturated carbocycles. The highest BCUT2D eigenvalue weighted by Gasteiger charge is 2.09. The van der Waals surface area contributed by atoms with Crippen molar-refractivity contribution in [3.63, 3.8) is 0 Å². The Morgan fingerprint density at radius 2 is 1.95 bits per heavy atom. The summed E-state index contributed by atoms with van der Waals surface area (Å²) in [4.78, 5) is 10.8. The standard InChI is InChI=1S/C14H9ClF2O2/c15-11-3-1-2-10(7-18)14(11)19-8-9-4-5-12(16)13(17)6-9/h1-7H,8H2. The van der Waals surface area contributed by atoms with Crippen molar-refractivity contribution in [2.45, 2.75) is 6.61 Å². The molecule has 2 rings (SSSR count). The Labute approximate surface area is 113 Å². The highest BCUT2D eigenvalue weighted by molar-refractivity contribution is 6.32. The van der Waals surface area contributed by atoms with E-state index in [2.05, 4.69) is 0 Å². The lowest BCUT2D eigenvalue weighted by atomic mass is 10.2. The van der Waals surface area contributed by atoms with E-state index in [0.717, 1.165) is 12.1 Å². The Morgan fingerprint density at radius 3 is 2.63 bits per heavy atom. The number of hydrogen-bond acceptors (Lipinski definition) is 2. The van der Waals surface area contributed by atoms with Crippen LogP contribution >= 0.6 is 11.6 Å². The lowest BCUT2D eigenvalue weighted by molar-refractivity contribution is 0.111. The number of rotatable bonds is 4. The minimum atomic E-state index is -0.948. The molecule has 98 valence electrons. The predicted octanol–water partition coefficient (Wildman–Crippen LogP) is 4.01. The summed E-state index contributed by atoms with van der Waals surface area (Å²) in [6, 6.07) is 8.20. The highest BCUT2D eigenvalue weighted by atomic mass is 35.5. The van der Waals surface area contributed by atoms with E-state index < -0.39 is 11.6 Å². The minimum Gasteiger partial charge on any atom is -0.487 e. The fourth-order valence-corrected chi connectivity index (χ4v) is 1.79. The first-order valence-electron chi connectivity index (χ1n) is 5.42. The predicted molar refractivity (Wildman–Crippen MR) is 67.5 cm³/mol. The monoisotopic (exact) mass is 282 g/mol. The van der Waals surface area contributed by atoms with Gasteiger partial charge in [0.1, 0.15) is 12.4 Å². The van der Waals surface area contributed by atoms with Crippen LogP contribution in [0.1, 0.15) is 15.9 Å². The quantitative estimate of drug-likeness (QED) is 0.792. The van der Waals surface area contributed by atoms with Crippen molar-refractivity contribution in [3.05, 3.63) is 64.2 Å². The van der Waals surface area contributed by atoms with Gasteiger partial charge in [-0.15, -0.1) is 0 Å². The van der Waals surface area contributed by atoms with Crippen LogP contribution in [0.5, 0.6) is 5.75 Å². The summed E-state index contributed by atoms with van der Waals surface area (Å²) in [5, 5.41) is 0.284. The summed E-state index contributed by atoms with van der Waals surface area (Å²) in [7, 11) is 0. The molecule has 0 atom stereocenters. The molecule has 5 heteroatoms. The van der Waals surface area contributed by atoms with Crippen LogP contribution in [-0.2, 0) is 6.61 Å². The van der Waals surface area contributed by atoms with Crippen LogP contribution in [0.2, 0.25) is 5.02 Å². The fraction of sp³-hybridized carbons (Fsp3) is 0.0714. The van der Waals surface area contributed by atoms with E-state index in [1.54, 1.807) is 18.2 Å². The molecule has 0 saturated heterocycles. The molecule has 0 unspecified atom stereocenters. The van der Waals surface area contributed by atoms with Crippen LogP contribution < -0.4 is 4.74 Å².